The fourth-order valence-electron chi connectivity index (χ4n) is 2.91. The molecule has 7 nitrogen and oxygen atoms in total. The molecule has 0 aliphatic carbocycles. The standard InChI is InChI=1S/C15H19NO6/c1-4-19-14(20-5-2)15(3)13-12(21-13)10-8-9(16(17)18)6-7-11(10)22-15/h6-8,12-14H,4-5H2,1-3H3/t12-,13-,15-/m1/s1. The molecule has 3 atom stereocenters. The third-order valence-corrected chi connectivity index (χ3v) is 4.00. The number of fused-ring (bicyclic) bond motifs is 3. The maximum absolute atomic E-state index is 10.9. The molecule has 7 heteroatoms. The van der Waals surface area contributed by atoms with Crippen molar-refractivity contribution in [3.8, 4) is 5.75 Å². The summed E-state index contributed by atoms with van der Waals surface area (Å²) in [4.78, 5) is 10.5. The minimum absolute atomic E-state index is 0.0337. The van der Waals surface area contributed by atoms with Crippen molar-refractivity contribution in [2.75, 3.05) is 13.2 Å². The van der Waals surface area contributed by atoms with E-state index in [0.29, 0.717) is 24.5 Å². The highest BCUT2D eigenvalue weighted by Gasteiger charge is 2.63. The molecule has 0 spiro atoms. The average Bonchev–Trinajstić information content (AvgIpc) is 3.28. The molecule has 1 aromatic carbocycles. The Labute approximate surface area is 128 Å². The van der Waals surface area contributed by atoms with Crippen LogP contribution >= 0.6 is 0 Å². The number of ether oxygens (including phenoxy) is 4. The van der Waals surface area contributed by atoms with Gasteiger partial charge in [-0.3, -0.25) is 10.1 Å². The van der Waals surface area contributed by atoms with Crippen LogP contribution in [0.25, 0.3) is 0 Å². The zero-order chi connectivity index (χ0) is 15.9. The van der Waals surface area contributed by atoms with Crippen molar-refractivity contribution in [3.63, 3.8) is 0 Å². The Kier molecular flexibility index (Phi) is 3.80. The Morgan fingerprint density at radius 2 is 2.05 bits per heavy atom. The van der Waals surface area contributed by atoms with Gasteiger partial charge in [0.1, 0.15) is 18.0 Å². The highest BCUT2D eigenvalue weighted by atomic mass is 16.7. The van der Waals surface area contributed by atoms with E-state index in [1.54, 1.807) is 6.07 Å². The van der Waals surface area contributed by atoms with Crippen LogP contribution in [-0.2, 0) is 14.2 Å². The number of hydrogen-bond acceptors (Lipinski definition) is 6. The van der Waals surface area contributed by atoms with Crippen molar-refractivity contribution in [3.05, 3.63) is 33.9 Å². The van der Waals surface area contributed by atoms with Gasteiger partial charge in [0.05, 0.1) is 4.92 Å². The molecule has 120 valence electrons. The Morgan fingerprint density at radius 1 is 1.36 bits per heavy atom. The summed E-state index contributed by atoms with van der Waals surface area (Å²) in [5, 5.41) is 10.9. The van der Waals surface area contributed by atoms with Gasteiger partial charge in [0.15, 0.2) is 11.9 Å². The normalized spacial score (nSPS) is 28.7. The molecule has 2 aliphatic heterocycles. The molecule has 0 amide bonds. The van der Waals surface area contributed by atoms with E-state index in [1.165, 1.54) is 12.1 Å². The maximum atomic E-state index is 10.9. The van der Waals surface area contributed by atoms with Crippen LogP contribution in [0.3, 0.4) is 0 Å². The summed E-state index contributed by atoms with van der Waals surface area (Å²) in [6, 6.07) is 4.55. The first kappa shape index (κ1) is 15.2. The fraction of sp³-hybridized carbons (Fsp3) is 0.600. The zero-order valence-corrected chi connectivity index (χ0v) is 12.8. The zero-order valence-electron chi connectivity index (χ0n) is 12.8. The summed E-state index contributed by atoms with van der Waals surface area (Å²) in [6.07, 6.45) is -0.997. The second-order valence-corrected chi connectivity index (χ2v) is 5.49. The minimum atomic E-state index is -0.778. The van der Waals surface area contributed by atoms with Gasteiger partial charge < -0.3 is 18.9 Å². The second kappa shape index (κ2) is 5.49. The summed E-state index contributed by atoms with van der Waals surface area (Å²) in [5.41, 5.74) is -0.0328. The van der Waals surface area contributed by atoms with Crippen molar-refractivity contribution >= 4 is 5.69 Å². The van der Waals surface area contributed by atoms with Crippen molar-refractivity contribution < 1.29 is 23.9 Å². The summed E-state index contributed by atoms with van der Waals surface area (Å²) in [6.45, 7) is 6.65. The second-order valence-electron chi connectivity index (χ2n) is 5.49. The summed E-state index contributed by atoms with van der Waals surface area (Å²) >= 11 is 0. The predicted octanol–water partition coefficient (Wildman–Crippen LogP) is 2.58. The number of nitro groups is 1. The molecule has 0 aromatic heterocycles. The lowest BCUT2D eigenvalue weighted by atomic mass is 9.91. The van der Waals surface area contributed by atoms with Crippen LogP contribution in [0.5, 0.6) is 5.75 Å². The first-order chi connectivity index (χ1) is 10.5. The largest absolute Gasteiger partial charge is 0.479 e. The molecular weight excluding hydrogens is 290 g/mol. The molecule has 2 aliphatic rings. The van der Waals surface area contributed by atoms with Crippen molar-refractivity contribution in [2.45, 2.75) is 44.9 Å². The molecule has 0 radical (unpaired) electrons. The molecule has 1 aromatic rings. The van der Waals surface area contributed by atoms with Crippen LogP contribution in [-0.4, -0.2) is 36.1 Å². The Morgan fingerprint density at radius 3 is 2.64 bits per heavy atom. The van der Waals surface area contributed by atoms with Crippen molar-refractivity contribution in [1.82, 2.24) is 0 Å². The van der Waals surface area contributed by atoms with E-state index >= 15 is 0 Å². The number of rotatable bonds is 6. The average molecular weight is 309 g/mol. The van der Waals surface area contributed by atoms with Gasteiger partial charge in [-0.25, -0.2) is 0 Å². The molecule has 3 rings (SSSR count). The first-order valence-corrected chi connectivity index (χ1v) is 7.37. The van der Waals surface area contributed by atoms with E-state index in [4.69, 9.17) is 18.9 Å². The number of benzene rings is 1. The smallest absolute Gasteiger partial charge is 0.270 e. The van der Waals surface area contributed by atoms with E-state index in [1.807, 2.05) is 20.8 Å². The molecule has 0 saturated carbocycles. The van der Waals surface area contributed by atoms with E-state index in [0.717, 1.165) is 0 Å². The Balaban J connectivity index is 1.92. The van der Waals surface area contributed by atoms with Gasteiger partial charge >= 0.3 is 0 Å². The predicted molar refractivity (Wildman–Crippen MR) is 76.8 cm³/mol. The lowest BCUT2D eigenvalue weighted by Crippen LogP contribution is -2.54. The molecule has 0 N–H and O–H groups in total. The van der Waals surface area contributed by atoms with Crippen molar-refractivity contribution in [1.29, 1.82) is 0 Å². The van der Waals surface area contributed by atoms with E-state index in [2.05, 4.69) is 0 Å². The highest BCUT2D eigenvalue weighted by Crippen LogP contribution is 2.55. The quantitative estimate of drug-likeness (QED) is 0.347. The molecule has 1 saturated heterocycles. The van der Waals surface area contributed by atoms with Gasteiger partial charge in [0, 0.05) is 30.9 Å². The number of non-ortho nitro benzene ring substituents is 1. The van der Waals surface area contributed by atoms with Gasteiger partial charge in [0.25, 0.3) is 5.69 Å². The SMILES string of the molecule is CCOC(OCC)[C@]1(C)Oc2ccc([N+](=O)[O-])cc2[C@H]2O[C@H]21. The van der Waals surface area contributed by atoms with Gasteiger partial charge in [-0.1, -0.05) is 0 Å². The number of epoxide rings is 1. The van der Waals surface area contributed by atoms with Gasteiger partial charge in [-0.15, -0.1) is 0 Å². The van der Waals surface area contributed by atoms with Crippen LogP contribution in [0.4, 0.5) is 5.69 Å². The van der Waals surface area contributed by atoms with Gasteiger partial charge in [-0.05, 0) is 26.8 Å². The van der Waals surface area contributed by atoms with Crippen LogP contribution in [0, 0.1) is 10.1 Å². The fourth-order valence-corrected chi connectivity index (χ4v) is 2.91. The lowest BCUT2D eigenvalue weighted by molar-refractivity contribution is -0.385. The summed E-state index contributed by atoms with van der Waals surface area (Å²) in [7, 11) is 0. The van der Waals surface area contributed by atoms with E-state index in [9.17, 15) is 10.1 Å². The first-order valence-electron chi connectivity index (χ1n) is 7.37. The minimum Gasteiger partial charge on any atom is -0.479 e. The monoisotopic (exact) mass is 309 g/mol. The molecular formula is C15H19NO6. The van der Waals surface area contributed by atoms with E-state index < -0.39 is 16.8 Å². The van der Waals surface area contributed by atoms with Crippen LogP contribution in [0.2, 0.25) is 0 Å². The van der Waals surface area contributed by atoms with E-state index in [-0.39, 0.29) is 17.9 Å². The molecule has 22 heavy (non-hydrogen) atoms. The van der Waals surface area contributed by atoms with Gasteiger partial charge in [-0.2, -0.15) is 0 Å². The molecule has 2 heterocycles. The van der Waals surface area contributed by atoms with Gasteiger partial charge in [0.2, 0.25) is 0 Å². The van der Waals surface area contributed by atoms with Crippen LogP contribution in [0.15, 0.2) is 18.2 Å². The number of hydrogen-bond donors (Lipinski definition) is 0. The molecule has 0 bridgehead atoms. The molecule has 1 fully saturated rings. The van der Waals surface area contributed by atoms with Crippen LogP contribution < -0.4 is 4.74 Å². The Bertz CT molecular complexity index is 585. The topological polar surface area (TPSA) is 83.4 Å². The Hall–Kier alpha value is -1.70. The number of nitrogens with zero attached hydrogens (tertiary/aromatic N) is 1. The molecule has 0 unspecified atom stereocenters. The maximum Gasteiger partial charge on any atom is 0.270 e. The summed E-state index contributed by atoms with van der Waals surface area (Å²) in [5.74, 6) is 0.580. The third kappa shape index (κ3) is 2.35. The number of nitro benzene ring substituents is 1. The summed E-state index contributed by atoms with van der Waals surface area (Å²) < 4.78 is 23.1. The van der Waals surface area contributed by atoms with Crippen LogP contribution in [0.1, 0.15) is 32.4 Å². The third-order valence-electron chi connectivity index (χ3n) is 4.00. The highest BCUT2D eigenvalue weighted by molar-refractivity contribution is 5.49. The van der Waals surface area contributed by atoms with Crippen molar-refractivity contribution in [2.24, 2.45) is 0 Å². The lowest BCUT2D eigenvalue weighted by Gasteiger charge is -2.38.